The SMILES string of the molecule is CSCCC(C)N(C)C(=O)c1cc(C(=O)O)on1. The Morgan fingerprint density at radius 3 is 2.78 bits per heavy atom. The second-order valence-electron chi connectivity index (χ2n) is 3.93. The number of hydrogen-bond acceptors (Lipinski definition) is 5. The predicted octanol–water partition coefficient (Wildman–Crippen LogP) is 1.59. The summed E-state index contributed by atoms with van der Waals surface area (Å²) in [6.07, 6.45) is 2.87. The molecule has 0 bridgehead atoms. The highest BCUT2D eigenvalue weighted by Crippen LogP contribution is 2.11. The number of hydrogen-bond donors (Lipinski definition) is 1. The Balaban J connectivity index is 2.70. The van der Waals surface area contributed by atoms with Gasteiger partial charge in [-0.15, -0.1) is 0 Å². The number of carbonyl (C=O) groups is 2. The minimum atomic E-state index is -1.24. The lowest BCUT2D eigenvalue weighted by Crippen LogP contribution is -2.35. The van der Waals surface area contributed by atoms with Crippen molar-refractivity contribution in [2.75, 3.05) is 19.1 Å². The highest BCUT2D eigenvalue weighted by molar-refractivity contribution is 7.98. The molecule has 0 aliphatic carbocycles. The van der Waals surface area contributed by atoms with Crippen LogP contribution in [0.15, 0.2) is 10.6 Å². The van der Waals surface area contributed by atoms with Crippen LogP contribution in [0.1, 0.15) is 34.4 Å². The first-order valence-corrected chi connectivity index (χ1v) is 6.82. The summed E-state index contributed by atoms with van der Waals surface area (Å²) in [5.41, 5.74) is 0.0194. The van der Waals surface area contributed by atoms with E-state index in [9.17, 15) is 9.59 Å². The van der Waals surface area contributed by atoms with Crippen molar-refractivity contribution in [3.05, 3.63) is 17.5 Å². The number of nitrogens with zero attached hydrogens (tertiary/aromatic N) is 2. The molecule has 7 heteroatoms. The second kappa shape index (κ2) is 6.44. The molecule has 1 atom stereocenters. The first-order valence-electron chi connectivity index (χ1n) is 5.43. The van der Waals surface area contributed by atoms with Gasteiger partial charge in [-0.1, -0.05) is 5.16 Å². The molecular formula is C11H16N2O4S. The Morgan fingerprint density at radius 2 is 2.28 bits per heavy atom. The Kier molecular flexibility index (Phi) is 5.21. The van der Waals surface area contributed by atoms with E-state index in [0.29, 0.717) is 0 Å². The smallest absolute Gasteiger partial charge is 0.374 e. The minimum absolute atomic E-state index is 0.0194. The maximum absolute atomic E-state index is 12.0. The lowest BCUT2D eigenvalue weighted by Gasteiger charge is -2.23. The summed E-state index contributed by atoms with van der Waals surface area (Å²) >= 11 is 1.71. The van der Waals surface area contributed by atoms with E-state index in [1.165, 1.54) is 0 Å². The molecule has 1 N–H and O–H groups in total. The van der Waals surface area contributed by atoms with Gasteiger partial charge in [-0.2, -0.15) is 11.8 Å². The summed E-state index contributed by atoms with van der Waals surface area (Å²) in [5.74, 6) is -0.944. The fraction of sp³-hybridized carbons (Fsp3) is 0.545. The number of amides is 1. The van der Waals surface area contributed by atoms with Crippen LogP contribution in [0.2, 0.25) is 0 Å². The van der Waals surface area contributed by atoms with Gasteiger partial charge < -0.3 is 14.5 Å². The predicted molar refractivity (Wildman–Crippen MR) is 68.0 cm³/mol. The third kappa shape index (κ3) is 3.49. The number of carbonyl (C=O) groups excluding carboxylic acids is 1. The molecule has 1 rings (SSSR count). The van der Waals surface area contributed by atoms with E-state index in [2.05, 4.69) is 9.68 Å². The number of aromatic carboxylic acids is 1. The quantitative estimate of drug-likeness (QED) is 0.846. The second-order valence-corrected chi connectivity index (χ2v) is 4.91. The molecule has 0 saturated heterocycles. The highest BCUT2D eigenvalue weighted by atomic mass is 32.2. The number of aromatic nitrogens is 1. The van der Waals surface area contributed by atoms with E-state index >= 15 is 0 Å². The maximum Gasteiger partial charge on any atom is 0.374 e. The zero-order chi connectivity index (χ0) is 13.7. The lowest BCUT2D eigenvalue weighted by atomic mass is 10.2. The summed E-state index contributed by atoms with van der Waals surface area (Å²) < 4.78 is 4.56. The van der Waals surface area contributed by atoms with Gasteiger partial charge in [0, 0.05) is 19.2 Å². The van der Waals surface area contributed by atoms with Crippen molar-refractivity contribution in [1.82, 2.24) is 10.1 Å². The van der Waals surface area contributed by atoms with Crippen LogP contribution >= 0.6 is 11.8 Å². The molecule has 18 heavy (non-hydrogen) atoms. The Hall–Kier alpha value is -1.50. The molecule has 1 heterocycles. The van der Waals surface area contributed by atoms with Crippen molar-refractivity contribution >= 4 is 23.6 Å². The molecule has 0 fully saturated rings. The van der Waals surface area contributed by atoms with E-state index in [-0.39, 0.29) is 23.4 Å². The summed E-state index contributed by atoms with van der Waals surface area (Å²) in [4.78, 5) is 24.2. The van der Waals surface area contributed by atoms with E-state index in [4.69, 9.17) is 5.11 Å². The van der Waals surface area contributed by atoms with Gasteiger partial charge in [-0.25, -0.2) is 4.79 Å². The van der Waals surface area contributed by atoms with E-state index < -0.39 is 5.97 Å². The van der Waals surface area contributed by atoms with Crippen molar-refractivity contribution in [3.8, 4) is 0 Å². The molecule has 1 unspecified atom stereocenters. The third-order valence-electron chi connectivity index (χ3n) is 2.66. The van der Waals surface area contributed by atoms with Crippen LogP contribution in [0.5, 0.6) is 0 Å². The molecular weight excluding hydrogens is 256 g/mol. The first-order chi connectivity index (χ1) is 8.47. The van der Waals surface area contributed by atoms with Gasteiger partial charge in [-0.3, -0.25) is 4.79 Å². The van der Waals surface area contributed by atoms with Gasteiger partial charge in [0.25, 0.3) is 5.91 Å². The van der Waals surface area contributed by atoms with Crippen molar-refractivity contribution in [3.63, 3.8) is 0 Å². The van der Waals surface area contributed by atoms with Crippen molar-refractivity contribution in [2.45, 2.75) is 19.4 Å². The van der Waals surface area contributed by atoms with Crippen LogP contribution in [0.4, 0.5) is 0 Å². The summed E-state index contributed by atoms with van der Waals surface area (Å²) in [7, 11) is 1.67. The van der Waals surface area contributed by atoms with Crippen LogP contribution in [-0.2, 0) is 0 Å². The standard InChI is InChI=1S/C11H16N2O4S/c1-7(4-5-18-3)13(2)10(14)8-6-9(11(15)16)17-12-8/h6-7H,4-5H2,1-3H3,(H,15,16). The fourth-order valence-corrected chi connectivity index (χ4v) is 1.92. The molecule has 0 saturated carbocycles. The normalized spacial score (nSPS) is 12.2. The van der Waals surface area contributed by atoms with Gasteiger partial charge in [-0.05, 0) is 25.4 Å². The zero-order valence-corrected chi connectivity index (χ0v) is 11.4. The zero-order valence-electron chi connectivity index (χ0n) is 10.5. The van der Waals surface area contributed by atoms with Gasteiger partial charge in [0.1, 0.15) is 0 Å². The maximum atomic E-state index is 12.0. The highest BCUT2D eigenvalue weighted by Gasteiger charge is 2.22. The molecule has 0 aromatic carbocycles. The van der Waals surface area contributed by atoms with Gasteiger partial charge in [0.15, 0.2) is 5.69 Å². The Labute approximate surface area is 109 Å². The molecule has 100 valence electrons. The van der Waals surface area contributed by atoms with E-state index in [1.807, 2.05) is 13.2 Å². The minimum Gasteiger partial charge on any atom is -0.475 e. The summed E-state index contributed by atoms with van der Waals surface area (Å²) in [5, 5.41) is 12.2. The van der Waals surface area contributed by atoms with Crippen LogP contribution in [0.25, 0.3) is 0 Å². The van der Waals surface area contributed by atoms with Gasteiger partial charge in [0.2, 0.25) is 5.76 Å². The van der Waals surface area contributed by atoms with E-state index in [0.717, 1.165) is 18.2 Å². The van der Waals surface area contributed by atoms with Crippen LogP contribution in [0.3, 0.4) is 0 Å². The average molecular weight is 272 g/mol. The molecule has 0 aliphatic rings. The molecule has 0 spiro atoms. The number of carboxylic acids is 1. The van der Waals surface area contributed by atoms with E-state index in [1.54, 1.807) is 23.7 Å². The Bertz CT molecular complexity index is 432. The van der Waals surface area contributed by atoms with Crippen LogP contribution in [0, 0.1) is 0 Å². The number of thioether (sulfide) groups is 1. The monoisotopic (exact) mass is 272 g/mol. The van der Waals surface area contributed by atoms with Crippen LogP contribution in [-0.4, -0.2) is 52.1 Å². The number of rotatable bonds is 6. The Morgan fingerprint density at radius 1 is 1.61 bits per heavy atom. The van der Waals surface area contributed by atoms with Gasteiger partial charge in [0.05, 0.1) is 0 Å². The van der Waals surface area contributed by atoms with Crippen molar-refractivity contribution < 1.29 is 19.2 Å². The molecule has 0 aliphatic heterocycles. The van der Waals surface area contributed by atoms with Gasteiger partial charge >= 0.3 is 5.97 Å². The van der Waals surface area contributed by atoms with Crippen molar-refractivity contribution in [2.24, 2.45) is 0 Å². The molecule has 1 amide bonds. The lowest BCUT2D eigenvalue weighted by molar-refractivity contribution is 0.0648. The third-order valence-corrected chi connectivity index (χ3v) is 3.31. The topological polar surface area (TPSA) is 83.6 Å². The first kappa shape index (κ1) is 14.6. The summed E-state index contributed by atoms with van der Waals surface area (Å²) in [6.45, 7) is 1.94. The van der Waals surface area contributed by atoms with Crippen molar-refractivity contribution in [1.29, 1.82) is 0 Å². The summed E-state index contributed by atoms with van der Waals surface area (Å²) in [6, 6.07) is 1.21. The number of carboxylic acid groups (broad SMARTS) is 1. The fourth-order valence-electron chi connectivity index (χ4n) is 1.34. The molecule has 1 aromatic heterocycles. The van der Waals surface area contributed by atoms with Crippen LogP contribution < -0.4 is 0 Å². The molecule has 1 aromatic rings. The molecule has 0 radical (unpaired) electrons. The average Bonchev–Trinajstić information content (AvgIpc) is 2.83. The molecule has 6 nitrogen and oxygen atoms in total. The largest absolute Gasteiger partial charge is 0.475 e.